The molecule has 18 heavy (non-hydrogen) atoms. The highest BCUT2D eigenvalue weighted by Gasteiger charge is 2.14. The summed E-state index contributed by atoms with van der Waals surface area (Å²) in [5.74, 6) is 0.0153. The third-order valence-electron chi connectivity index (χ3n) is 2.20. The van der Waals surface area contributed by atoms with Crippen LogP contribution in [-0.2, 0) is 9.59 Å². The van der Waals surface area contributed by atoms with E-state index in [1.807, 2.05) is 12.1 Å². The van der Waals surface area contributed by atoms with E-state index in [1.54, 1.807) is 19.1 Å². The number of halogens is 1. The molecule has 5 nitrogen and oxygen atoms in total. The number of carbonyl (C=O) groups excluding carboxylic acids is 2. The maximum absolute atomic E-state index is 11.6. The third kappa shape index (κ3) is 4.75. The zero-order chi connectivity index (χ0) is 13.5. The highest BCUT2D eigenvalue weighted by molar-refractivity contribution is 9.10. The van der Waals surface area contributed by atoms with E-state index in [4.69, 9.17) is 4.74 Å². The van der Waals surface area contributed by atoms with Gasteiger partial charge in [0.15, 0.2) is 6.10 Å². The third-order valence-corrected chi connectivity index (χ3v) is 2.73. The fourth-order valence-corrected chi connectivity index (χ4v) is 1.43. The molecule has 0 aliphatic carbocycles. The second-order valence-electron chi connectivity index (χ2n) is 3.60. The van der Waals surface area contributed by atoms with Crippen molar-refractivity contribution in [3.8, 4) is 5.75 Å². The van der Waals surface area contributed by atoms with Crippen molar-refractivity contribution in [1.82, 2.24) is 10.6 Å². The van der Waals surface area contributed by atoms with Crippen LogP contribution < -0.4 is 15.4 Å². The Hall–Kier alpha value is -1.56. The summed E-state index contributed by atoms with van der Waals surface area (Å²) >= 11 is 3.31. The standard InChI is InChI=1S/C12H15BrN2O3/c1-8(12(17)15-7-11(16)14-2)18-10-5-3-9(13)4-6-10/h3-6,8H,7H2,1-2H3,(H,14,16)(H,15,17). The zero-order valence-corrected chi connectivity index (χ0v) is 11.8. The predicted molar refractivity (Wildman–Crippen MR) is 71.3 cm³/mol. The van der Waals surface area contributed by atoms with Crippen molar-refractivity contribution < 1.29 is 14.3 Å². The number of nitrogens with one attached hydrogen (secondary N) is 2. The van der Waals surface area contributed by atoms with E-state index in [0.717, 1.165) is 4.47 Å². The number of amides is 2. The smallest absolute Gasteiger partial charge is 0.261 e. The molecule has 0 heterocycles. The maximum atomic E-state index is 11.6. The molecule has 0 saturated heterocycles. The van der Waals surface area contributed by atoms with Crippen LogP contribution in [0.4, 0.5) is 0 Å². The van der Waals surface area contributed by atoms with Gasteiger partial charge < -0.3 is 15.4 Å². The summed E-state index contributed by atoms with van der Waals surface area (Å²) in [6.45, 7) is 1.57. The van der Waals surface area contributed by atoms with Gasteiger partial charge in [0.05, 0.1) is 6.54 Å². The van der Waals surface area contributed by atoms with E-state index in [0.29, 0.717) is 5.75 Å². The second-order valence-corrected chi connectivity index (χ2v) is 4.52. The lowest BCUT2D eigenvalue weighted by Gasteiger charge is -2.14. The maximum Gasteiger partial charge on any atom is 0.261 e. The first kappa shape index (κ1) is 14.5. The van der Waals surface area contributed by atoms with Crippen LogP contribution in [0.3, 0.4) is 0 Å². The Bertz CT molecular complexity index is 420. The molecule has 1 unspecified atom stereocenters. The van der Waals surface area contributed by atoms with Gasteiger partial charge in [-0.05, 0) is 31.2 Å². The summed E-state index contributed by atoms with van der Waals surface area (Å²) in [5, 5.41) is 4.90. The van der Waals surface area contributed by atoms with E-state index >= 15 is 0 Å². The van der Waals surface area contributed by atoms with Crippen LogP contribution in [0, 0.1) is 0 Å². The average Bonchev–Trinajstić information content (AvgIpc) is 2.38. The second kappa shape index (κ2) is 7.00. The average molecular weight is 315 g/mol. The molecule has 0 saturated carbocycles. The van der Waals surface area contributed by atoms with E-state index in [-0.39, 0.29) is 18.4 Å². The highest BCUT2D eigenvalue weighted by Crippen LogP contribution is 2.17. The molecule has 98 valence electrons. The molecule has 0 bridgehead atoms. The molecule has 1 atom stereocenters. The number of hydrogen-bond acceptors (Lipinski definition) is 3. The SMILES string of the molecule is CNC(=O)CNC(=O)C(C)Oc1ccc(Br)cc1. The van der Waals surface area contributed by atoms with Crippen molar-refractivity contribution >= 4 is 27.7 Å². The van der Waals surface area contributed by atoms with Gasteiger partial charge in [0.25, 0.3) is 5.91 Å². The number of ether oxygens (including phenoxy) is 1. The van der Waals surface area contributed by atoms with Crippen LogP contribution in [0.1, 0.15) is 6.92 Å². The molecule has 0 aromatic heterocycles. The van der Waals surface area contributed by atoms with Crippen molar-refractivity contribution in [1.29, 1.82) is 0 Å². The van der Waals surface area contributed by atoms with Crippen molar-refractivity contribution in [2.45, 2.75) is 13.0 Å². The van der Waals surface area contributed by atoms with Crippen molar-refractivity contribution in [2.24, 2.45) is 0 Å². The molecule has 1 aromatic rings. The Morgan fingerprint density at radius 1 is 1.33 bits per heavy atom. The largest absolute Gasteiger partial charge is 0.481 e. The molecule has 0 aliphatic heterocycles. The van der Waals surface area contributed by atoms with Crippen LogP contribution in [-0.4, -0.2) is 31.5 Å². The Balaban J connectivity index is 2.44. The van der Waals surface area contributed by atoms with Crippen molar-refractivity contribution in [3.05, 3.63) is 28.7 Å². The van der Waals surface area contributed by atoms with Gasteiger partial charge in [-0.15, -0.1) is 0 Å². The van der Waals surface area contributed by atoms with Gasteiger partial charge in [0, 0.05) is 11.5 Å². The Morgan fingerprint density at radius 2 is 1.94 bits per heavy atom. The number of carbonyl (C=O) groups is 2. The highest BCUT2D eigenvalue weighted by atomic mass is 79.9. The van der Waals surface area contributed by atoms with E-state index in [9.17, 15) is 9.59 Å². The molecule has 2 amide bonds. The summed E-state index contributed by atoms with van der Waals surface area (Å²) in [4.78, 5) is 22.6. The molecular weight excluding hydrogens is 300 g/mol. The number of benzene rings is 1. The lowest BCUT2D eigenvalue weighted by molar-refractivity contribution is -0.130. The Kier molecular flexibility index (Phi) is 5.64. The van der Waals surface area contributed by atoms with E-state index in [2.05, 4.69) is 26.6 Å². The number of rotatable bonds is 5. The first-order valence-corrected chi connectivity index (χ1v) is 6.22. The summed E-state index contributed by atoms with van der Waals surface area (Å²) in [6.07, 6.45) is -0.657. The molecule has 0 radical (unpaired) electrons. The van der Waals surface area contributed by atoms with Crippen LogP contribution in [0.25, 0.3) is 0 Å². The van der Waals surface area contributed by atoms with Gasteiger partial charge in [0.1, 0.15) is 5.75 Å². The first-order valence-electron chi connectivity index (χ1n) is 5.43. The van der Waals surface area contributed by atoms with Crippen LogP contribution >= 0.6 is 15.9 Å². The first-order chi connectivity index (χ1) is 8.52. The minimum atomic E-state index is -0.657. The Morgan fingerprint density at radius 3 is 2.50 bits per heavy atom. The van der Waals surface area contributed by atoms with Gasteiger partial charge in [-0.2, -0.15) is 0 Å². The molecule has 0 fully saturated rings. The molecule has 1 rings (SSSR count). The van der Waals surface area contributed by atoms with Crippen molar-refractivity contribution in [3.63, 3.8) is 0 Å². The molecule has 6 heteroatoms. The summed E-state index contributed by atoms with van der Waals surface area (Å²) in [5.41, 5.74) is 0. The quantitative estimate of drug-likeness (QED) is 0.854. The summed E-state index contributed by atoms with van der Waals surface area (Å²) < 4.78 is 6.37. The minimum absolute atomic E-state index is 0.0522. The number of likely N-dealkylation sites (N-methyl/N-ethyl adjacent to an activating group) is 1. The fourth-order valence-electron chi connectivity index (χ4n) is 1.17. The minimum Gasteiger partial charge on any atom is -0.481 e. The van der Waals surface area contributed by atoms with Crippen molar-refractivity contribution in [2.75, 3.05) is 13.6 Å². The lowest BCUT2D eigenvalue weighted by atomic mass is 10.3. The van der Waals surface area contributed by atoms with Gasteiger partial charge in [-0.25, -0.2) is 0 Å². The van der Waals surface area contributed by atoms with E-state index < -0.39 is 6.10 Å². The molecule has 0 spiro atoms. The van der Waals surface area contributed by atoms with Gasteiger partial charge in [0.2, 0.25) is 5.91 Å². The normalized spacial score (nSPS) is 11.5. The predicted octanol–water partition coefficient (Wildman–Crippen LogP) is 1.08. The van der Waals surface area contributed by atoms with Gasteiger partial charge in [-0.3, -0.25) is 9.59 Å². The van der Waals surface area contributed by atoms with Gasteiger partial charge >= 0.3 is 0 Å². The molecule has 2 N–H and O–H groups in total. The Labute approximate surface area is 114 Å². The molecular formula is C12H15BrN2O3. The fraction of sp³-hybridized carbons (Fsp3) is 0.333. The topological polar surface area (TPSA) is 67.4 Å². The molecule has 0 aliphatic rings. The number of hydrogen-bond donors (Lipinski definition) is 2. The van der Waals surface area contributed by atoms with Crippen LogP contribution in [0.2, 0.25) is 0 Å². The van der Waals surface area contributed by atoms with Crippen LogP contribution in [0.15, 0.2) is 28.7 Å². The summed E-state index contributed by atoms with van der Waals surface area (Å²) in [6, 6.07) is 7.16. The zero-order valence-electron chi connectivity index (χ0n) is 10.2. The molecule has 1 aromatic carbocycles. The van der Waals surface area contributed by atoms with Crippen LogP contribution in [0.5, 0.6) is 5.75 Å². The van der Waals surface area contributed by atoms with Gasteiger partial charge in [-0.1, -0.05) is 15.9 Å². The lowest BCUT2D eigenvalue weighted by Crippen LogP contribution is -2.41. The monoisotopic (exact) mass is 314 g/mol. The summed E-state index contributed by atoms with van der Waals surface area (Å²) in [7, 11) is 1.51. The van der Waals surface area contributed by atoms with E-state index in [1.165, 1.54) is 7.05 Å².